The normalized spacial score (nSPS) is 22.0. The summed E-state index contributed by atoms with van der Waals surface area (Å²) in [5.74, 6) is -0.866. The molecule has 1 aliphatic heterocycles. The van der Waals surface area contributed by atoms with Crippen LogP contribution in [0.3, 0.4) is 0 Å². The van der Waals surface area contributed by atoms with E-state index in [4.69, 9.17) is 9.84 Å². The summed E-state index contributed by atoms with van der Waals surface area (Å²) in [5, 5.41) is 9.61. The van der Waals surface area contributed by atoms with E-state index in [1.165, 1.54) is 11.8 Å². The SMILES string of the molecule is Cc1cnc2c(c1)nc(SCC(=O)O)n2C1(C)CCOC1. The smallest absolute Gasteiger partial charge is 0.313 e. The second-order valence-corrected chi connectivity index (χ2v) is 6.51. The minimum absolute atomic E-state index is 0.0146. The number of fused-ring (bicyclic) bond motifs is 1. The molecule has 2 aromatic rings. The molecule has 1 unspecified atom stereocenters. The highest BCUT2D eigenvalue weighted by Gasteiger charge is 2.35. The average molecular weight is 307 g/mol. The van der Waals surface area contributed by atoms with E-state index in [9.17, 15) is 4.79 Å². The number of carboxylic acids is 1. The number of aryl methyl sites for hydroxylation is 1. The van der Waals surface area contributed by atoms with Gasteiger partial charge >= 0.3 is 5.97 Å². The van der Waals surface area contributed by atoms with Crippen molar-refractivity contribution in [2.45, 2.75) is 31.0 Å². The van der Waals surface area contributed by atoms with Gasteiger partial charge in [0.2, 0.25) is 0 Å². The van der Waals surface area contributed by atoms with E-state index in [1.807, 2.05) is 23.8 Å². The largest absolute Gasteiger partial charge is 0.481 e. The van der Waals surface area contributed by atoms with Crippen LogP contribution in [0.4, 0.5) is 0 Å². The van der Waals surface area contributed by atoms with Crippen molar-refractivity contribution in [2.24, 2.45) is 0 Å². The summed E-state index contributed by atoms with van der Waals surface area (Å²) >= 11 is 1.23. The number of pyridine rings is 1. The molecular weight excluding hydrogens is 290 g/mol. The summed E-state index contributed by atoms with van der Waals surface area (Å²) in [7, 11) is 0. The molecule has 2 aromatic heterocycles. The zero-order valence-electron chi connectivity index (χ0n) is 12.0. The maximum Gasteiger partial charge on any atom is 0.313 e. The zero-order chi connectivity index (χ0) is 15.0. The molecule has 0 amide bonds. The summed E-state index contributed by atoms with van der Waals surface area (Å²) in [5.41, 5.74) is 2.41. The number of aliphatic carboxylic acids is 1. The van der Waals surface area contributed by atoms with Gasteiger partial charge in [0, 0.05) is 12.8 Å². The van der Waals surface area contributed by atoms with Gasteiger partial charge in [0.15, 0.2) is 10.8 Å². The molecule has 6 nitrogen and oxygen atoms in total. The number of rotatable bonds is 4. The van der Waals surface area contributed by atoms with Crippen LogP contribution in [0.1, 0.15) is 18.9 Å². The van der Waals surface area contributed by atoms with Crippen LogP contribution in [0.2, 0.25) is 0 Å². The molecule has 0 aliphatic carbocycles. The predicted octanol–water partition coefficient (Wildman–Crippen LogP) is 2.05. The minimum atomic E-state index is -0.851. The van der Waals surface area contributed by atoms with E-state index < -0.39 is 5.97 Å². The Morgan fingerprint density at radius 2 is 2.43 bits per heavy atom. The lowest BCUT2D eigenvalue weighted by molar-refractivity contribution is -0.133. The van der Waals surface area contributed by atoms with Crippen molar-refractivity contribution >= 4 is 28.9 Å². The van der Waals surface area contributed by atoms with Crippen LogP contribution in [-0.2, 0) is 15.1 Å². The summed E-state index contributed by atoms with van der Waals surface area (Å²) in [4.78, 5) is 19.9. The fourth-order valence-corrected chi connectivity index (χ4v) is 3.44. The summed E-state index contributed by atoms with van der Waals surface area (Å²) in [6.45, 7) is 5.36. The highest BCUT2D eigenvalue weighted by Crippen LogP contribution is 2.35. The van der Waals surface area contributed by atoms with Gasteiger partial charge in [0.05, 0.1) is 17.9 Å². The first-order valence-electron chi connectivity index (χ1n) is 6.77. The van der Waals surface area contributed by atoms with Crippen LogP contribution < -0.4 is 0 Å². The number of thioether (sulfide) groups is 1. The van der Waals surface area contributed by atoms with Gasteiger partial charge in [-0.2, -0.15) is 0 Å². The molecule has 1 atom stereocenters. The zero-order valence-corrected chi connectivity index (χ0v) is 12.8. The lowest BCUT2D eigenvalue weighted by atomic mass is 10.0. The summed E-state index contributed by atoms with van der Waals surface area (Å²) in [6.07, 6.45) is 2.68. The molecule has 1 N–H and O–H groups in total. The standard InChI is InChI=1S/C14H17N3O3S/c1-9-5-10-12(15-6-9)17(14(2)3-4-20-8-14)13(16-10)21-7-11(18)19/h5-6H,3-4,7-8H2,1-2H3,(H,18,19). The Morgan fingerprint density at radius 1 is 1.62 bits per heavy atom. The quantitative estimate of drug-likeness (QED) is 0.871. The highest BCUT2D eigenvalue weighted by atomic mass is 32.2. The van der Waals surface area contributed by atoms with Crippen LogP contribution in [0.25, 0.3) is 11.2 Å². The second-order valence-electron chi connectivity index (χ2n) is 5.57. The number of aromatic nitrogens is 3. The van der Waals surface area contributed by atoms with E-state index in [2.05, 4.69) is 16.9 Å². The Bertz CT molecular complexity index is 692. The minimum Gasteiger partial charge on any atom is -0.481 e. The van der Waals surface area contributed by atoms with Crippen molar-refractivity contribution in [3.63, 3.8) is 0 Å². The number of carboxylic acid groups (broad SMARTS) is 1. The number of nitrogens with zero attached hydrogens (tertiary/aromatic N) is 3. The van der Waals surface area contributed by atoms with Crippen molar-refractivity contribution in [2.75, 3.05) is 19.0 Å². The van der Waals surface area contributed by atoms with Gasteiger partial charge in [-0.15, -0.1) is 0 Å². The van der Waals surface area contributed by atoms with Crippen molar-refractivity contribution in [3.8, 4) is 0 Å². The molecule has 7 heteroatoms. The number of imidazole rings is 1. The summed E-state index contributed by atoms with van der Waals surface area (Å²) in [6, 6.07) is 1.98. The van der Waals surface area contributed by atoms with Gasteiger partial charge in [-0.25, -0.2) is 9.97 Å². The van der Waals surface area contributed by atoms with Crippen LogP contribution in [0.15, 0.2) is 17.4 Å². The van der Waals surface area contributed by atoms with Gasteiger partial charge in [0.1, 0.15) is 5.52 Å². The molecule has 1 saturated heterocycles. The lowest BCUT2D eigenvalue weighted by Gasteiger charge is -2.26. The van der Waals surface area contributed by atoms with Gasteiger partial charge in [-0.05, 0) is 31.9 Å². The number of ether oxygens (including phenoxy) is 1. The first kappa shape index (κ1) is 14.3. The molecule has 0 spiro atoms. The number of hydrogen-bond donors (Lipinski definition) is 1. The van der Waals surface area contributed by atoms with Crippen molar-refractivity contribution < 1.29 is 14.6 Å². The third-order valence-corrected chi connectivity index (χ3v) is 4.59. The Balaban J connectivity index is 2.13. The van der Waals surface area contributed by atoms with E-state index >= 15 is 0 Å². The van der Waals surface area contributed by atoms with Crippen molar-refractivity contribution in [3.05, 3.63) is 17.8 Å². The van der Waals surface area contributed by atoms with Crippen molar-refractivity contribution in [1.29, 1.82) is 0 Å². The van der Waals surface area contributed by atoms with Gasteiger partial charge in [0.25, 0.3) is 0 Å². The Kier molecular flexibility index (Phi) is 3.62. The molecule has 1 fully saturated rings. The molecular formula is C14H17N3O3S. The second kappa shape index (κ2) is 5.31. The van der Waals surface area contributed by atoms with Crippen LogP contribution in [0.5, 0.6) is 0 Å². The monoisotopic (exact) mass is 307 g/mol. The average Bonchev–Trinajstić information content (AvgIpc) is 3.00. The number of hydrogen-bond acceptors (Lipinski definition) is 5. The fourth-order valence-electron chi connectivity index (χ4n) is 2.59. The Morgan fingerprint density at radius 3 is 3.10 bits per heavy atom. The fraction of sp³-hybridized carbons (Fsp3) is 0.500. The lowest BCUT2D eigenvalue weighted by Crippen LogP contribution is -2.31. The summed E-state index contributed by atoms with van der Waals surface area (Å²) < 4.78 is 7.58. The van der Waals surface area contributed by atoms with E-state index in [1.54, 1.807) is 0 Å². The van der Waals surface area contributed by atoms with Gasteiger partial charge in [-0.3, -0.25) is 9.36 Å². The molecule has 1 aliphatic rings. The molecule has 21 heavy (non-hydrogen) atoms. The number of carbonyl (C=O) groups is 1. The van der Waals surface area contributed by atoms with E-state index in [0.29, 0.717) is 18.4 Å². The Labute approximate surface area is 126 Å². The van der Waals surface area contributed by atoms with Crippen LogP contribution in [0, 0.1) is 6.92 Å². The first-order chi connectivity index (χ1) is 9.99. The molecule has 3 heterocycles. The highest BCUT2D eigenvalue weighted by molar-refractivity contribution is 7.99. The maximum absolute atomic E-state index is 10.9. The molecule has 0 bridgehead atoms. The Hall–Kier alpha value is -1.60. The third-order valence-electron chi connectivity index (χ3n) is 3.67. The third kappa shape index (κ3) is 2.63. The van der Waals surface area contributed by atoms with Crippen LogP contribution >= 0.6 is 11.8 Å². The van der Waals surface area contributed by atoms with E-state index in [-0.39, 0.29) is 11.3 Å². The topological polar surface area (TPSA) is 77.2 Å². The first-order valence-corrected chi connectivity index (χ1v) is 7.76. The molecule has 0 aromatic carbocycles. The van der Waals surface area contributed by atoms with Crippen molar-refractivity contribution in [1.82, 2.24) is 14.5 Å². The maximum atomic E-state index is 10.9. The molecule has 112 valence electrons. The van der Waals surface area contributed by atoms with E-state index in [0.717, 1.165) is 23.1 Å². The predicted molar refractivity (Wildman–Crippen MR) is 79.7 cm³/mol. The molecule has 0 radical (unpaired) electrons. The van der Waals surface area contributed by atoms with Gasteiger partial charge < -0.3 is 9.84 Å². The molecule has 0 saturated carbocycles. The van der Waals surface area contributed by atoms with Gasteiger partial charge in [-0.1, -0.05) is 11.8 Å². The molecule has 3 rings (SSSR count). The van der Waals surface area contributed by atoms with Crippen LogP contribution in [-0.4, -0.2) is 44.6 Å².